The summed E-state index contributed by atoms with van der Waals surface area (Å²) in [6, 6.07) is 40.2. The van der Waals surface area contributed by atoms with E-state index >= 15 is 0 Å². The van der Waals surface area contributed by atoms with E-state index in [-0.39, 0.29) is 0 Å². The topological polar surface area (TPSA) is 149 Å². The monoisotopic (exact) mass is 615 g/mol. The zero-order valence-electron chi connectivity index (χ0n) is 25.1. The fraction of sp³-hybridized carbons (Fsp3) is 0. The molecule has 0 saturated carbocycles. The Kier molecular flexibility index (Phi) is 7.88. The second-order valence-corrected chi connectivity index (χ2v) is 10.7. The Morgan fingerprint density at radius 2 is 0.646 bits per heavy atom. The van der Waals surface area contributed by atoms with Crippen molar-refractivity contribution in [1.82, 2.24) is 29.9 Å². The maximum Gasteiger partial charge on any atom is 0.164 e. The van der Waals surface area contributed by atoms with Crippen LogP contribution in [0.4, 0.5) is 0 Å². The van der Waals surface area contributed by atoms with E-state index in [4.69, 9.17) is 15.0 Å². The molecule has 0 aliphatic rings. The van der Waals surface area contributed by atoms with E-state index in [1.54, 1.807) is 36.8 Å². The number of nitrogens with zero attached hydrogens (tertiary/aromatic N) is 9. The van der Waals surface area contributed by atoms with Crippen LogP contribution in [0.25, 0.3) is 67.9 Å². The summed E-state index contributed by atoms with van der Waals surface area (Å²) in [5.74, 6) is 1.40. The number of pyridine rings is 3. The van der Waals surface area contributed by atoms with Gasteiger partial charge in [0.15, 0.2) is 17.5 Å². The molecule has 4 heterocycles. The van der Waals surface area contributed by atoms with Crippen LogP contribution in [0.2, 0.25) is 0 Å². The first-order chi connectivity index (χ1) is 23.6. The number of benzene rings is 3. The summed E-state index contributed by atoms with van der Waals surface area (Å²) in [5.41, 5.74) is 8.45. The summed E-state index contributed by atoms with van der Waals surface area (Å²) in [6.45, 7) is 0. The molecule has 3 aromatic carbocycles. The van der Waals surface area contributed by atoms with Gasteiger partial charge < -0.3 is 0 Å². The van der Waals surface area contributed by atoms with Gasteiger partial charge in [-0.1, -0.05) is 54.6 Å². The van der Waals surface area contributed by atoms with Crippen molar-refractivity contribution in [3.8, 4) is 86.1 Å². The minimum absolute atomic E-state index is 0.467. The van der Waals surface area contributed by atoms with Crippen molar-refractivity contribution in [2.45, 2.75) is 0 Å². The number of hydrogen-bond donors (Lipinski definition) is 0. The molecule has 222 valence electrons. The molecule has 0 spiro atoms. The van der Waals surface area contributed by atoms with Crippen molar-refractivity contribution in [1.29, 1.82) is 15.8 Å². The molecule has 0 fully saturated rings. The fourth-order valence-electron chi connectivity index (χ4n) is 5.11. The van der Waals surface area contributed by atoms with Crippen LogP contribution in [0.5, 0.6) is 0 Å². The van der Waals surface area contributed by atoms with Gasteiger partial charge in [0.25, 0.3) is 0 Å². The lowest BCUT2D eigenvalue weighted by atomic mass is 10.0. The molecule has 9 heteroatoms. The van der Waals surface area contributed by atoms with Crippen LogP contribution in [-0.2, 0) is 0 Å². The summed E-state index contributed by atoms with van der Waals surface area (Å²) >= 11 is 0. The molecule has 0 aliphatic carbocycles. The Morgan fingerprint density at radius 1 is 0.354 bits per heavy atom. The van der Waals surface area contributed by atoms with E-state index in [0.717, 1.165) is 50.5 Å². The predicted octanol–water partition coefficient (Wildman–Crippen LogP) is 7.67. The van der Waals surface area contributed by atoms with E-state index in [9.17, 15) is 15.8 Å². The highest BCUT2D eigenvalue weighted by atomic mass is 15.0. The van der Waals surface area contributed by atoms with Crippen LogP contribution >= 0.6 is 0 Å². The zero-order valence-corrected chi connectivity index (χ0v) is 25.1. The first kappa shape index (κ1) is 29.3. The third-order valence-corrected chi connectivity index (χ3v) is 7.56. The van der Waals surface area contributed by atoms with Gasteiger partial charge in [-0.25, -0.2) is 15.0 Å². The molecule has 0 saturated heterocycles. The molecule has 48 heavy (non-hydrogen) atoms. The van der Waals surface area contributed by atoms with Crippen molar-refractivity contribution in [3.05, 3.63) is 144 Å². The second kappa shape index (κ2) is 12.9. The van der Waals surface area contributed by atoms with Crippen molar-refractivity contribution in [2.24, 2.45) is 0 Å². The quantitative estimate of drug-likeness (QED) is 0.184. The molecule has 0 aliphatic heterocycles. The van der Waals surface area contributed by atoms with Gasteiger partial charge in [0.05, 0.1) is 33.8 Å². The lowest BCUT2D eigenvalue weighted by Crippen LogP contribution is -2.01. The molecule has 0 amide bonds. The van der Waals surface area contributed by atoms with Crippen molar-refractivity contribution in [3.63, 3.8) is 0 Å². The molecule has 7 rings (SSSR count). The van der Waals surface area contributed by atoms with Crippen LogP contribution in [0.3, 0.4) is 0 Å². The highest BCUT2D eigenvalue weighted by Gasteiger charge is 2.15. The molecule has 7 aromatic rings. The maximum atomic E-state index is 9.20. The van der Waals surface area contributed by atoms with Crippen molar-refractivity contribution >= 4 is 0 Å². The second-order valence-electron chi connectivity index (χ2n) is 10.7. The van der Waals surface area contributed by atoms with E-state index in [1.165, 1.54) is 0 Å². The van der Waals surface area contributed by atoms with Gasteiger partial charge in [-0.3, -0.25) is 15.0 Å². The normalized spacial score (nSPS) is 10.4. The van der Waals surface area contributed by atoms with Crippen LogP contribution in [-0.4, -0.2) is 29.9 Å². The van der Waals surface area contributed by atoms with Gasteiger partial charge in [0.1, 0.15) is 18.2 Å². The standard InChI is InChI=1S/C39H21N9/c40-19-25-10-13-34(43-22-25)28-4-1-7-31(16-28)37-46-38(32-8-2-5-29(17-32)35-14-11-26(20-41)23-44-35)48-39(47-37)33-9-3-6-30(18-33)36-15-12-27(21-42)24-45-36/h1-18,22-24H. The van der Waals surface area contributed by atoms with Crippen LogP contribution < -0.4 is 0 Å². The van der Waals surface area contributed by atoms with Crippen LogP contribution in [0, 0.1) is 34.0 Å². The average Bonchev–Trinajstić information content (AvgIpc) is 3.18. The SMILES string of the molecule is N#Cc1ccc(-c2cccc(-c3nc(-c4cccc(-c5ccc(C#N)cn5)c4)nc(-c4cccc(-c5ccc(C#N)cn5)c4)n3)c2)nc1. The Labute approximate surface area is 275 Å². The Morgan fingerprint density at radius 3 is 0.896 bits per heavy atom. The molecule has 0 bridgehead atoms. The minimum atomic E-state index is 0.467. The van der Waals surface area contributed by atoms with Gasteiger partial charge in [-0.2, -0.15) is 15.8 Å². The molecule has 4 aromatic heterocycles. The molecular weight excluding hydrogens is 594 g/mol. The molecule has 9 nitrogen and oxygen atoms in total. The fourth-order valence-corrected chi connectivity index (χ4v) is 5.11. The average molecular weight is 616 g/mol. The minimum Gasteiger partial charge on any atom is -0.255 e. The van der Waals surface area contributed by atoms with Gasteiger partial charge in [-0.15, -0.1) is 0 Å². The summed E-state index contributed by atoms with van der Waals surface area (Å²) in [4.78, 5) is 28.2. The third kappa shape index (κ3) is 6.09. The third-order valence-electron chi connectivity index (χ3n) is 7.56. The molecule has 0 N–H and O–H groups in total. The smallest absolute Gasteiger partial charge is 0.164 e. The predicted molar refractivity (Wildman–Crippen MR) is 180 cm³/mol. The number of hydrogen-bond acceptors (Lipinski definition) is 9. The van der Waals surface area contributed by atoms with Gasteiger partial charge in [0, 0.05) is 52.0 Å². The molecule has 0 unspecified atom stereocenters. The van der Waals surface area contributed by atoms with E-state index in [0.29, 0.717) is 34.2 Å². The van der Waals surface area contributed by atoms with E-state index in [1.807, 2.05) is 91.0 Å². The first-order valence-electron chi connectivity index (χ1n) is 14.8. The van der Waals surface area contributed by atoms with Gasteiger partial charge in [0.2, 0.25) is 0 Å². The summed E-state index contributed by atoms with van der Waals surface area (Å²) in [5, 5.41) is 27.6. The highest BCUT2D eigenvalue weighted by molar-refractivity contribution is 5.75. The summed E-state index contributed by atoms with van der Waals surface area (Å²) in [6.07, 6.45) is 4.64. The maximum absolute atomic E-state index is 9.20. The number of rotatable bonds is 6. The number of nitriles is 3. The lowest BCUT2D eigenvalue weighted by Gasteiger charge is -2.11. The van der Waals surface area contributed by atoms with E-state index < -0.39 is 0 Å². The highest BCUT2D eigenvalue weighted by Crippen LogP contribution is 2.30. The largest absolute Gasteiger partial charge is 0.255 e. The molecule has 0 atom stereocenters. The Bertz CT molecular complexity index is 2130. The summed E-state index contributed by atoms with van der Waals surface area (Å²) < 4.78 is 0. The first-order valence-corrected chi connectivity index (χ1v) is 14.8. The van der Waals surface area contributed by atoms with Crippen molar-refractivity contribution < 1.29 is 0 Å². The van der Waals surface area contributed by atoms with Crippen LogP contribution in [0.15, 0.2) is 128 Å². The van der Waals surface area contributed by atoms with Gasteiger partial charge >= 0.3 is 0 Å². The van der Waals surface area contributed by atoms with E-state index in [2.05, 4.69) is 33.2 Å². The van der Waals surface area contributed by atoms with Crippen LogP contribution in [0.1, 0.15) is 16.7 Å². The Balaban J connectivity index is 1.35. The zero-order chi connectivity index (χ0) is 32.9. The Hall–Kier alpha value is -7.41. The van der Waals surface area contributed by atoms with Crippen molar-refractivity contribution in [2.75, 3.05) is 0 Å². The summed E-state index contributed by atoms with van der Waals surface area (Å²) in [7, 11) is 0. The lowest BCUT2D eigenvalue weighted by molar-refractivity contribution is 1.07. The van der Waals surface area contributed by atoms with Gasteiger partial charge in [-0.05, 0) is 54.6 Å². The molecular formula is C39H21N9. The number of aromatic nitrogens is 6. The molecule has 0 radical (unpaired) electrons.